The van der Waals surface area contributed by atoms with Crippen molar-refractivity contribution in [2.24, 2.45) is 5.92 Å². The first kappa shape index (κ1) is 23.1. The third-order valence-corrected chi connectivity index (χ3v) is 7.61. The molecular weight excluding hydrogens is 445 g/mol. The maximum atomic E-state index is 12.8. The van der Waals surface area contributed by atoms with E-state index in [4.69, 9.17) is 5.73 Å². The largest absolute Gasteiger partial charge is 0.401 e. The van der Waals surface area contributed by atoms with Crippen LogP contribution >= 0.6 is 0 Å². The molecule has 1 aromatic carbocycles. The molecule has 2 heterocycles. The molecule has 1 saturated heterocycles. The molecular formula is C25H29F3N4O2. The number of nitrogen functional groups attached to an aromatic ring is 1. The van der Waals surface area contributed by atoms with E-state index in [2.05, 4.69) is 10.3 Å². The normalized spacial score (nSPS) is 29.0. The molecule has 4 N–H and O–H groups in total. The van der Waals surface area contributed by atoms with Crippen LogP contribution in [0.2, 0.25) is 0 Å². The van der Waals surface area contributed by atoms with Gasteiger partial charge in [-0.1, -0.05) is 24.3 Å². The van der Waals surface area contributed by atoms with Crippen LogP contribution in [-0.2, 0) is 5.41 Å². The predicted molar refractivity (Wildman–Crippen MR) is 122 cm³/mol. The van der Waals surface area contributed by atoms with Crippen LogP contribution in [0.25, 0.3) is 11.1 Å². The Balaban J connectivity index is 1.28. The van der Waals surface area contributed by atoms with Crippen LogP contribution in [0.15, 0.2) is 36.5 Å². The van der Waals surface area contributed by atoms with E-state index in [1.807, 2.05) is 24.3 Å². The van der Waals surface area contributed by atoms with Crippen LogP contribution in [0, 0.1) is 5.92 Å². The number of benzene rings is 1. The van der Waals surface area contributed by atoms with E-state index < -0.39 is 12.7 Å². The van der Waals surface area contributed by atoms with Gasteiger partial charge in [0.2, 0.25) is 0 Å². The minimum atomic E-state index is -4.17. The van der Waals surface area contributed by atoms with E-state index in [0.29, 0.717) is 31.5 Å². The average Bonchev–Trinajstić information content (AvgIpc) is 3.36. The number of carbonyl (C=O) groups excluding carboxylic acids is 1. The number of pyridine rings is 1. The predicted octanol–water partition coefficient (Wildman–Crippen LogP) is 3.50. The van der Waals surface area contributed by atoms with Crippen molar-refractivity contribution in [2.75, 3.05) is 25.4 Å². The van der Waals surface area contributed by atoms with Gasteiger partial charge in [-0.15, -0.1) is 0 Å². The van der Waals surface area contributed by atoms with Crippen LogP contribution in [0.3, 0.4) is 0 Å². The van der Waals surface area contributed by atoms with Crippen molar-refractivity contribution >= 4 is 11.7 Å². The highest BCUT2D eigenvalue weighted by Gasteiger charge is 2.61. The number of amides is 1. The van der Waals surface area contributed by atoms with Gasteiger partial charge in [0, 0.05) is 36.3 Å². The highest BCUT2D eigenvalue weighted by Crippen LogP contribution is 2.59. The maximum absolute atomic E-state index is 12.8. The summed E-state index contributed by atoms with van der Waals surface area (Å²) in [6.45, 7) is 0.0662. The van der Waals surface area contributed by atoms with Gasteiger partial charge in [0.15, 0.2) is 0 Å². The van der Waals surface area contributed by atoms with Gasteiger partial charge >= 0.3 is 6.18 Å². The second kappa shape index (κ2) is 8.53. The number of halogens is 3. The van der Waals surface area contributed by atoms with Gasteiger partial charge in [0.05, 0.1) is 18.2 Å². The summed E-state index contributed by atoms with van der Waals surface area (Å²) >= 11 is 0. The van der Waals surface area contributed by atoms with Crippen molar-refractivity contribution in [3.05, 3.63) is 47.7 Å². The van der Waals surface area contributed by atoms with Crippen LogP contribution in [0.5, 0.6) is 0 Å². The highest BCUT2D eigenvalue weighted by molar-refractivity contribution is 5.99. The number of likely N-dealkylation sites (tertiary alicyclic amines) is 1. The molecule has 2 saturated carbocycles. The minimum absolute atomic E-state index is 0.00677. The number of hydrogen-bond acceptors (Lipinski definition) is 5. The number of nitrogens with zero attached hydrogens (tertiary/aromatic N) is 2. The molecule has 1 amide bonds. The molecule has 0 unspecified atom stereocenters. The topological polar surface area (TPSA) is 91.5 Å². The summed E-state index contributed by atoms with van der Waals surface area (Å²) in [7, 11) is 0. The zero-order valence-electron chi connectivity index (χ0n) is 18.8. The Hall–Kier alpha value is -2.65. The van der Waals surface area contributed by atoms with Crippen molar-refractivity contribution < 1.29 is 23.1 Å². The SMILES string of the molecule is Nc1ncc(-c2ccc([C@]34C[C@H]3CN(CC(F)(F)F)C4)cc2)cc1C(=O)NC1CCC(O)CC1. The Morgan fingerprint density at radius 1 is 1.18 bits per heavy atom. The number of hydrogen-bond donors (Lipinski definition) is 3. The lowest BCUT2D eigenvalue weighted by Crippen LogP contribution is -2.38. The fraction of sp³-hybridized carbons (Fsp3) is 0.520. The Kier molecular flexibility index (Phi) is 5.80. The third kappa shape index (κ3) is 4.63. The first-order valence-corrected chi connectivity index (χ1v) is 11.8. The molecule has 3 aliphatic rings. The first-order valence-electron chi connectivity index (χ1n) is 11.8. The number of alkyl halides is 3. The van der Waals surface area contributed by atoms with Crippen LogP contribution in [0.1, 0.15) is 48.0 Å². The third-order valence-electron chi connectivity index (χ3n) is 7.61. The summed E-state index contributed by atoms with van der Waals surface area (Å²) < 4.78 is 38.4. The molecule has 3 fully saturated rings. The van der Waals surface area contributed by atoms with Gasteiger partial charge in [-0.2, -0.15) is 13.2 Å². The number of carbonyl (C=O) groups is 1. The summed E-state index contributed by atoms with van der Waals surface area (Å²) in [5.41, 5.74) is 8.80. The van der Waals surface area contributed by atoms with Crippen molar-refractivity contribution in [3.8, 4) is 11.1 Å². The molecule has 0 radical (unpaired) electrons. The van der Waals surface area contributed by atoms with Crippen molar-refractivity contribution in [3.63, 3.8) is 0 Å². The molecule has 9 heteroatoms. The quantitative estimate of drug-likeness (QED) is 0.617. The lowest BCUT2D eigenvalue weighted by molar-refractivity contribution is -0.144. The molecule has 2 atom stereocenters. The van der Waals surface area contributed by atoms with Crippen LogP contribution < -0.4 is 11.1 Å². The molecule has 34 heavy (non-hydrogen) atoms. The second-order valence-electron chi connectivity index (χ2n) is 10.1. The number of aromatic nitrogens is 1. The number of anilines is 1. The monoisotopic (exact) mass is 474 g/mol. The van der Waals surface area contributed by atoms with E-state index in [-0.39, 0.29) is 35.2 Å². The van der Waals surface area contributed by atoms with Gasteiger partial charge < -0.3 is 16.2 Å². The molecule has 2 aromatic rings. The number of aliphatic hydroxyl groups is 1. The Bertz CT molecular complexity index is 1070. The molecule has 1 aromatic heterocycles. The molecule has 182 valence electrons. The number of fused-ring (bicyclic) bond motifs is 1. The van der Waals surface area contributed by atoms with E-state index >= 15 is 0 Å². The van der Waals surface area contributed by atoms with E-state index in [1.165, 1.54) is 4.90 Å². The fourth-order valence-corrected chi connectivity index (χ4v) is 5.70. The number of nitrogens with one attached hydrogen (secondary N) is 1. The Morgan fingerprint density at radius 2 is 1.88 bits per heavy atom. The number of aliphatic hydroxyl groups excluding tert-OH is 1. The van der Waals surface area contributed by atoms with E-state index in [9.17, 15) is 23.1 Å². The molecule has 6 nitrogen and oxygen atoms in total. The molecule has 2 aliphatic carbocycles. The van der Waals surface area contributed by atoms with Gasteiger partial charge in [0.1, 0.15) is 5.82 Å². The molecule has 0 spiro atoms. The lowest BCUT2D eigenvalue weighted by Gasteiger charge is -2.26. The summed E-state index contributed by atoms with van der Waals surface area (Å²) in [6.07, 6.45) is 0.863. The van der Waals surface area contributed by atoms with Gasteiger partial charge in [-0.25, -0.2) is 4.98 Å². The molecule has 1 aliphatic heterocycles. The van der Waals surface area contributed by atoms with Crippen LogP contribution in [-0.4, -0.2) is 58.9 Å². The zero-order valence-corrected chi connectivity index (χ0v) is 18.8. The van der Waals surface area contributed by atoms with Crippen LogP contribution in [0.4, 0.5) is 19.0 Å². The number of nitrogens with two attached hydrogens (primary N) is 1. The lowest BCUT2D eigenvalue weighted by atomic mass is 9.92. The van der Waals surface area contributed by atoms with E-state index in [1.54, 1.807) is 12.3 Å². The van der Waals surface area contributed by atoms with Crippen molar-refractivity contribution in [2.45, 2.75) is 55.8 Å². The minimum Gasteiger partial charge on any atom is -0.393 e. The van der Waals surface area contributed by atoms with Gasteiger partial charge in [-0.3, -0.25) is 9.69 Å². The highest BCUT2D eigenvalue weighted by atomic mass is 19.4. The van der Waals surface area contributed by atoms with Gasteiger partial charge in [0.25, 0.3) is 5.91 Å². The summed E-state index contributed by atoms with van der Waals surface area (Å²) in [5.74, 6) is 0.152. The zero-order chi connectivity index (χ0) is 24.1. The first-order chi connectivity index (χ1) is 16.1. The summed E-state index contributed by atoms with van der Waals surface area (Å²) in [6, 6.07) is 9.56. The smallest absolute Gasteiger partial charge is 0.393 e. The summed E-state index contributed by atoms with van der Waals surface area (Å²) in [4.78, 5) is 18.5. The summed E-state index contributed by atoms with van der Waals surface area (Å²) in [5, 5.41) is 12.7. The molecule has 5 rings (SSSR count). The Labute approximate surface area is 196 Å². The Morgan fingerprint density at radius 3 is 2.56 bits per heavy atom. The fourth-order valence-electron chi connectivity index (χ4n) is 5.70. The van der Waals surface area contributed by atoms with Crippen molar-refractivity contribution in [1.29, 1.82) is 0 Å². The van der Waals surface area contributed by atoms with Crippen molar-refractivity contribution in [1.82, 2.24) is 15.2 Å². The average molecular weight is 475 g/mol. The second-order valence-corrected chi connectivity index (χ2v) is 10.1. The number of piperidine rings is 1. The maximum Gasteiger partial charge on any atom is 0.401 e. The van der Waals surface area contributed by atoms with E-state index in [0.717, 1.165) is 36.0 Å². The van der Waals surface area contributed by atoms with Gasteiger partial charge in [-0.05, 0) is 55.2 Å². The number of rotatable bonds is 5. The standard InChI is InChI=1S/C25H29F3N4O2/c26-25(27,28)14-32-12-18-10-24(18,13-32)17-3-1-15(2-4-17)16-9-21(22(29)30-11-16)23(34)31-19-5-7-20(33)8-6-19/h1-4,9,11,18-20,33H,5-8,10,12-14H2,(H2,29,30)(H,31,34)/t18-,19?,20?,24+/m0/s1. The molecule has 0 bridgehead atoms.